The average molecular weight is 312 g/mol. The Balaban J connectivity index is 1.98. The van der Waals surface area contributed by atoms with Crippen molar-refractivity contribution in [2.24, 2.45) is 5.10 Å². The lowest BCUT2D eigenvalue weighted by Crippen LogP contribution is -2.18. The molecule has 3 nitrogen and oxygen atoms in total. The molecule has 21 heavy (non-hydrogen) atoms. The largest absolute Gasteiger partial charge is 0.273 e. The number of hydrogen-bond donors (Lipinski definition) is 1. The van der Waals surface area contributed by atoms with E-state index in [9.17, 15) is 4.79 Å². The van der Waals surface area contributed by atoms with E-state index in [1.54, 1.807) is 22.7 Å². The normalized spacial score (nSPS) is 14.5. The van der Waals surface area contributed by atoms with Gasteiger partial charge in [-0.25, -0.2) is 5.43 Å². The van der Waals surface area contributed by atoms with Gasteiger partial charge in [-0.2, -0.15) is 5.10 Å². The van der Waals surface area contributed by atoms with E-state index in [0.29, 0.717) is 6.42 Å². The van der Waals surface area contributed by atoms with Crippen LogP contribution in [0, 0.1) is 6.92 Å². The summed E-state index contributed by atoms with van der Waals surface area (Å²) in [6.45, 7) is 2.10. The molecule has 0 saturated heterocycles. The van der Waals surface area contributed by atoms with E-state index in [1.807, 2.05) is 30.3 Å². The Morgan fingerprint density at radius 1 is 1.19 bits per heavy atom. The van der Waals surface area contributed by atoms with Crippen molar-refractivity contribution in [3.05, 3.63) is 57.3 Å². The molecule has 0 saturated carbocycles. The number of nitrogens with zero attached hydrogens (tertiary/aromatic N) is 1. The van der Waals surface area contributed by atoms with Crippen molar-refractivity contribution in [3.63, 3.8) is 0 Å². The SMILES string of the molecule is Cc1cc2c3c(sc2s1)C(c1ccccc1)=NNC(=O)C3. The summed E-state index contributed by atoms with van der Waals surface area (Å²) in [5, 5.41) is 5.55. The van der Waals surface area contributed by atoms with Gasteiger partial charge in [0, 0.05) is 15.8 Å². The summed E-state index contributed by atoms with van der Waals surface area (Å²) in [4.78, 5) is 14.4. The maximum atomic E-state index is 12.0. The van der Waals surface area contributed by atoms with E-state index in [4.69, 9.17) is 0 Å². The Morgan fingerprint density at radius 2 is 2.00 bits per heavy atom. The van der Waals surface area contributed by atoms with E-state index >= 15 is 0 Å². The monoisotopic (exact) mass is 312 g/mol. The van der Waals surface area contributed by atoms with Gasteiger partial charge in [0.1, 0.15) is 5.71 Å². The minimum Gasteiger partial charge on any atom is -0.273 e. The quantitative estimate of drug-likeness (QED) is 0.731. The highest BCUT2D eigenvalue weighted by Crippen LogP contribution is 2.39. The maximum absolute atomic E-state index is 12.0. The van der Waals surface area contributed by atoms with Gasteiger partial charge < -0.3 is 0 Å². The van der Waals surface area contributed by atoms with Crippen LogP contribution in [0.15, 0.2) is 41.5 Å². The highest BCUT2D eigenvalue weighted by molar-refractivity contribution is 7.39. The number of carbonyl (C=O) groups excluding carboxylic acids is 1. The molecule has 3 heterocycles. The minimum atomic E-state index is -0.0502. The second kappa shape index (κ2) is 4.79. The van der Waals surface area contributed by atoms with E-state index < -0.39 is 0 Å². The van der Waals surface area contributed by atoms with Gasteiger partial charge in [-0.15, -0.1) is 22.7 Å². The van der Waals surface area contributed by atoms with Crippen LogP contribution in [0.1, 0.15) is 20.9 Å². The number of fused-ring (bicyclic) bond motifs is 3. The van der Waals surface area contributed by atoms with Crippen molar-refractivity contribution in [1.29, 1.82) is 0 Å². The number of carbonyl (C=O) groups is 1. The fraction of sp³-hybridized carbons (Fsp3) is 0.125. The molecule has 5 heteroatoms. The molecule has 0 aliphatic carbocycles. The number of hydrazone groups is 1. The lowest BCUT2D eigenvalue weighted by atomic mass is 10.0. The summed E-state index contributed by atoms with van der Waals surface area (Å²) >= 11 is 3.52. The Hall–Kier alpha value is -1.98. The standard InChI is InChI=1S/C16H12N2OS2/c1-9-7-12-11-8-13(19)17-18-14(10-5-3-2-4-6-10)15(11)21-16(12)20-9/h2-7H,8H2,1H3,(H,17,19). The number of rotatable bonds is 1. The third-order valence-electron chi connectivity index (χ3n) is 3.51. The number of hydrogen-bond acceptors (Lipinski definition) is 4. The first-order valence-corrected chi connectivity index (χ1v) is 8.30. The van der Waals surface area contributed by atoms with Crippen molar-refractivity contribution in [2.75, 3.05) is 0 Å². The molecule has 4 rings (SSSR count). The molecule has 0 spiro atoms. The molecular weight excluding hydrogens is 300 g/mol. The molecule has 3 aromatic rings. The van der Waals surface area contributed by atoms with Gasteiger partial charge >= 0.3 is 0 Å². The number of amides is 1. The van der Waals surface area contributed by atoms with Gasteiger partial charge in [0.2, 0.25) is 5.91 Å². The molecule has 104 valence electrons. The molecule has 0 atom stereocenters. The first kappa shape index (κ1) is 12.7. The first-order chi connectivity index (χ1) is 10.2. The van der Waals surface area contributed by atoms with Crippen LogP contribution in [0.4, 0.5) is 0 Å². The van der Waals surface area contributed by atoms with Gasteiger partial charge in [0.05, 0.1) is 15.3 Å². The second-order valence-corrected chi connectivity index (χ2v) is 7.54. The molecule has 0 bridgehead atoms. The molecule has 2 aromatic heterocycles. The fourth-order valence-corrected chi connectivity index (χ4v) is 5.20. The lowest BCUT2D eigenvalue weighted by molar-refractivity contribution is -0.120. The zero-order valence-electron chi connectivity index (χ0n) is 11.3. The highest BCUT2D eigenvalue weighted by Gasteiger charge is 2.24. The summed E-state index contributed by atoms with van der Waals surface area (Å²) < 4.78 is 1.27. The van der Waals surface area contributed by atoms with Crippen LogP contribution < -0.4 is 5.43 Å². The van der Waals surface area contributed by atoms with Crippen LogP contribution >= 0.6 is 22.7 Å². The summed E-state index contributed by atoms with van der Waals surface area (Å²) in [6.07, 6.45) is 0.394. The Labute approximate surface area is 129 Å². The molecule has 1 N–H and O–H groups in total. The van der Waals surface area contributed by atoms with Crippen LogP contribution in [0.25, 0.3) is 9.40 Å². The van der Waals surface area contributed by atoms with Crippen molar-refractivity contribution in [1.82, 2.24) is 5.43 Å². The average Bonchev–Trinajstić information content (AvgIpc) is 2.93. The molecule has 0 radical (unpaired) electrons. The number of nitrogens with one attached hydrogen (secondary N) is 1. The van der Waals surface area contributed by atoms with Gasteiger partial charge in [-0.05, 0) is 18.6 Å². The first-order valence-electron chi connectivity index (χ1n) is 6.66. The summed E-state index contributed by atoms with van der Waals surface area (Å²) in [5.74, 6) is -0.0502. The summed E-state index contributed by atoms with van der Waals surface area (Å²) in [7, 11) is 0. The van der Waals surface area contributed by atoms with Crippen molar-refractivity contribution in [2.45, 2.75) is 13.3 Å². The smallest absolute Gasteiger partial charge is 0.244 e. The third kappa shape index (κ3) is 2.09. The minimum absolute atomic E-state index is 0.0502. The molecule has 1 amide bonds. The summed E-state index contributed by atoms with van der Waals surface area (Å²) in [6, 6.07) is 12.2. The van der Waals surface area contributed by atoms with Crippen LogP contribution in [-0.4, -0.2) is 11.6 Å². The molecule has 1 aliphatic rings. The molecule has 1 aromatic carbocycles. The van der Waals surface area contributed by atoms with Crippen LogP contribution in [0.3, 0.4) is 0 Å². The van der Waals surface area contributed by atoms with E-state index in [-0.39, 0.29) is 5.91 Å². The molecule has 0 fully saturated rings. The van der Waals surface area contributed by atoms with Crippen molar-refractivity contribution in [3.8, 4) is 0 Å². The number of thiophene rings is 2. The highest BCUT2D eigenvalue weighted by atomic mass is 32.2. The van der Waals surface area contributed by atoms with E-state index in [2.05, 4.69) is 23.5 Å². The van der Waals surface area contributed by atoms with Gasteiger partial charge in [-0.3, -0.25) is 4.79 Å². The number of aryl methyl sites for hydroxylation is 1. The second-order valence-electron chi connectivity index (χ2n) is 5.01. The van der Waals surface area contributed by atoms with Crippen LogP contribution in [0.2, 0.25) is 0 Å². The predicted molar refractivity (Wildman–Crippen MR) is 88.4 cm³/mol. The topological polar surface area (TPSA) is 41.5 Å². The van der Waals surface area contributed by atoms with E-state index in [1.165, 1.54) is 14.3 Å². The van der Waals surface area contributed by atoms with Gasteiger partial charge in [-0.1, -0.05) is 30.3 Å². The zero-order valence-corrected chi connectivity index (χ0v) is 13.0. The Bertz CT molecular complexity index is 874. The number of benzene rings is 1. The van der Waals surface area contributed by atoms with E-state index in [0.717, 1.165) is 21.7 Å². The van der Waals surface area contributed by atoms with Crippen molar-refractivity contribution >= 4 is 43.7 Å². The Morgan fingerprint density at radius 3 is 2.81 bits per heavy atom. The third-order valence-corrected chi connectivity index (χ3v) is 5.90. The van der Waals surface area contributed by atoms with Gasteiger partial charge in [0.25, 0.3) is 0 Å². The van der Waals surface area contributed by atoms with Gasteiger partial charge in [0.15, 0.2) is 0 Å². The molecule has 0 unspecified atom stereocenters. The molecule has 1 aliphatic heterocycles. The summed E-state index contributed by atoms with van der Waals surface area (Å²) in [5.41, 5.74) is 5.66. The maximum Gasteiger partial charge on any atom is 0.244 e. The van der Waals surface area contributed by atoms with Crippen molar-refractivity contribution < 1.29 is 4.79 Å². The molecular formula is C16H12N2OS2. The Kier molecular flexibility index (Phi) is 2.90. The van der Waals surface area contributed by atoms with Crippen LogP contribution in [-0.2, 0) is 11.2 Å². The fourth-order valence-electron chi connectivity index (χ4n) is 2.58. The predicted octanol–water partition coefficient (Wildman–Crippen LogP) is 3.70. The van der Waals surface area contributed by atoms with Crippen LogP contribution in [0.5, 0.6) is 0 Å². The lowest BCUT2D eigenvalue weighted by Gasteiger charge is -2.03. The zero-order chi connectivity index (χ0) is 14.4.